The minimum atomic E-state index is -3.77. The number of hydrogen-bond acceptors (Lipinski definition) is 3. The van der Waals surface area contributed by atoms with Crippen LogP contribution in [0.15, 0.2) is 47.4 Å². The lowest BCUT2D eigenvalue weighted by molar-refractivity contribution is 0.305. The summed E-state index contributed by atoms with van der Waals surface area (Å²) in [5, 5.41) is 14.3. The van der Waals surface area contributed by atoms with E-state index in [1.807, 2.05) is 0 Å². The molecule has 0 unspecified atom stereocenters. The molecule has 0 saturated heterocycles. The molecule has 2 aromatic carbocycles. The fourth-order valence-electron chi connectivity index (χ4n) is 2.04. The van der Waals surface area contributed by atoms with Crippen LogP contribution < -0.4 is 5.14 Å². The Bertz CT molecular complexity index is 740. The lowest BCUT2D eigenvalue weighted by Crippen LogP contribution is -2.11. The number of aliphatic hydroxyl groups is 1. The Morgan fingerprint density at radius 3 is 2.33 bits per heavy atom. The van der Waals surface area contributed by atoms with Crippen LogP contribution in [-0.4, -0.2) is 13.5 Å². The first-order chi connectivity index (χ1) is 9.79. The van der Waals surface area contributed by atoms with E-state index in [1.54, 1.807) is 18.2 Å². The summed E-state index contributed by atoms with van der Waals surface area (Å²) in [6.45, 7) is 1.51. The molecule has 0 aliphatic carbocycles. The van der Waals surface area contributed by atoms with Gasteiger partial charge in [-0.05, 0) is 30.2 Å². The van der Waals surface area contributed by atoms with Gasteiger partial charge in [0.25, 0.3) is 0 Å². The second-order valence-corrected chi connectivity index (χ2v) is 6.32. The molecule has 3 N–H and O–H groups in total. The largest absolute Gasteiger partial charge is 0.387 e. The Balaban J connectivity index is 2.43. The second-order valence-electron chi connectivity index (χ2n) is 4.76. The summed E-state index contributed by atoms with van der Waals surface area (Å²) < 4.78 is 36.8. The van der Waals surface area contributed by atoms with Gasteiger partial charge < -0.3 is 5.11 Å². The average Bonchev–Trinajstić information content (AvgIpc) is 2.40. The van der Waals surface area contributed by atoms with E-state index in [0.29, 0.717) is 16.7 Å². The zero-order valence-corrected chi connectivity index (χ0v) is 12.2. The molecule has 4 nitrogen and oxygen atoms in total. The molecule has 2 rings (SSSR count). The number of nitrogens with two attached hydrogens (primary N) is 1. The van der Waals surface area contributed by atoms with E-state index in [-0.39, 0.29) is 17.4 Å². The highest BCUT2D eigenvalue weighted by atomic mass is 32.2. The summed E-state index contributed by atoms with van der Waals surface area (Å²) in [5.74, 6) is -0.436. The predicted molar refractivity (Wildman–Crippen MR) is 77.8 cm³/mol. The topological polar surface area (TPSA) is 80.4 Å². The van der Waals surface area contributed by atoms with Gasteiger partial charge in [0, 0.05) is 12.0 Å². The van der Waals surface area contributed by atoms with E-state index >= 15 is 0 Å². The molecule has 0 aliphatic heterocycles. The minimum Gasteiger partial charge on any atom is -0.387 e. The second kappa shape index (κ2) is 5.93. The van der Waals surface area contributed by atoms with Crippen LogP contribution in [0.2, 0.25) is 0 Å². The van der Waals surface area contributed by atoms with Crippen molar-refractivity contribution in [2.45, 2.75) is 18.2 Å². The highest BCUT2D eigenvalue weighted by molar-refractivity contribution is 7.89. The first-order valence-corrected chi connectivity index (χ1v) is 7.75. The molecule has 111 valence electrons. The lowest BCUT2D eigenvalue weighted by atomic mass is 9.99. The molecule has 6 heteroatoms. The SMILES string of the molecule is C[C](O)Cc1cccc(-c2ccc(S(N)(=O)=O)cc2)c1F. The van der Waals surface area contributed by atoms with Crippen molar-refractivity contribution in [3.8, 4) is 11.1 Å². The van der Waals surface area contributed by atoms with Crippen LogP contribution in [0.25, 0.3) is 11.1 Å². The Hall–Kier alpha value is -1.76. The third-order valence-electron chi connectivity index (χ3n) is 3.02. The van der Waals surface area contributed by atoms with Crippen LogP contribution >= 0.6 is 0 Å². The first kappa shape index (κ1) is 15.6. The van der Waals surface area contributed by atoms with Crippen molar-refractivity contribution in [3.05, 3.63) is 59.9 Å². The van der Waals surface area contributed by atoms with Gasteiger partial charge in [-0.1, -0.05) is 30.3 Å². The smallest absolute Gasteiger partial charge is 0.238 e. The maximum atomic E-state index is 14.4. The molecule has 0 atom stereocenters. The number of hydrogen-bond donors (Lipinski definition) is 2. The van der Waals surface area contributed by atoms with E-state index in [4.69, 9.17) is 5.14 Å². The van der Waals surface area contributed by atoms with Gasteiger partial charge in [-0.2, -0.15) is 0 Å². The number of halogens is 1. The molecule has 0 saturated carbocycles. The van der Waals surface area contributed by atoms with Crippen molar-refractivity contribution >= 4 is 10.0 Å². The van der Waals surface area contributed by atoms with Gasteiger partial charge in [-0.3, -0.25) is 0 Å². The van der Waals surface area contributed by atoms with Crippen LogP contribution in [0.1, 0.15) is 12.5 Å². The van der Waals surface area contributed by atoms with Gasteiger partial charge in [0.1, 0.15) is 5.82 Å². The molecular weight excluding hydrogens is 293 g/mol. The molecule has 21 heavy (non-hydrogen) atoms. The predicted octanol–water partition coefficient (Wildman–Crippen LogP) is 2.61. The third-order valence-corrected chi connectivity index (χ3v) is 3.95. The molecule has 0 heterocycles. The Kier molecular flexibility index (Phi) is 4.41. The molecule has 2 aromatic rings. The van der Waals surface area contributed by atoms with Gasteiger partial charge in [0.2, 0.25) is 10.0 Å². The van der Waals surface area contributed by atoms with Crippen LogP contribution in [0.4, 0.5) is 4.39 Å². The van der Waals surface area contributed by atoms with Crippen LogP contribution in [-0.2, 0) is 16.4 Å². The summed E-state index contributed by atoms with van der Waals surface area (Å²) in [5.41, 5.74) is 1.26. The molecule has 0 aromatic heterocycles. The van der Waals surface area contributed by atoms with E-state index in [1.165, 1.54) is 31.2 Å². The molecule has 0 aliphatic rings. The number of sulfonamides is 1. The van der Waals surface area contributed by atoms with Gasteiger partial charge in [0.05, 0.1) is 11.0 Å². The Labute approximate surface area is 123 Å². The average molecular weight is 308 g/mol. The number of aliphatic hydroxyl groups excluding tert-OH is 1. The van der Waals surface area contributed by atoms with Crippen molar-refractivity contribution in [1.29, 1.82) is 0 Å². The zero-order chi connectivity index (χ0) is 15.6. The highest BCUT2D eigenvalue weighted by Crippen LogP contribution is 2.27. The normalized spacial score (nSPS) is 11.9. The quantitative estimate of drug-likeness (QED) is 0.911. The summed E-state index contributed by atoms with van der Waals surface area (Å²) in [4.78, 5) is -0.0256. The standard InChI is InChI=1S/C15H15FNO3S/c1-10(18)9-12-3-2-4-14(15(12)16)11-5-7-13(8-6-11)21(17,19)20/h2-8,18H,9H2,1H3,(H2,17,19,20). The molecule has 1 radical (unpaired) electrons. The van der Waals surface area contributed by atoms with Crippen molar-refractivity contribution in [2.75, 3.05) is 0 Å². The van der Waals surface area contributed by atoms with Gasteiger partial charge in [0.15, 0.2) is 0 Å². The van der Waals surface area contributed by atoms with Gasteiger partial charge >= 0.3 is 0 Å². The number of benzene rings is 2. The van der Waals surface area contributed by atoms with Crippen molar-refractivity contribution in [1.82, 2.24) is 0 Å². The molecule has 0 spiro atoms. The lowest BCUT2D eigenvalue weighted by Gasteiger charge is -2.10. The summed E-state index contributed by atoms with van der Waals surface area (Å²) >= 11 is 0. The van der Waals surface area contributed by atoms with Crippen molar-refractivity contribution < 1.29 is 17.9 Å². The molecular formula is C15H15FNO3S. The summed E-state index contributed by atoms with van der Waals surface area (Å²) in [7, 11) is -3.77. The molecule has 0 amide bonds. The number of primary sulfonamides is 1. The van der Waals surface area contributed by atoms with E-state index in [9.17, 15) is 17.9 Å². The Morgan fingerprint density at radius 2 is 1.81 bits per heavy atom. The van der Waals surface area contributed by atoms with Crippen LogP contribution in [0.3, 0.4) is 0 Å². The van der Waals surface area contributed by atoms with E-state index in [0.717, 1.165) is 0 Å². The molecule has 0 fully saturated rings. The number of rotatable bonds is 4. The fourth-order valence-corrected chi connectivity index (χ4v) is 2.55. The van der Waals surface area contributed by atoms with Crippen LogP contribution in [0, 0.1) is 11.9 Å². The summed E-state index contributed by atoms with van der Waals surface area (Å²) in [6, 6.07) is 10.5. The minimum absolute atomic E-state index is 0.0256. The third kappa shape index (κ3) is 3.66. The first-order valence-electron chi connectivity index (χ1n) is 6.21. The fraction of sp³-hybridized carbons (Fsp3) is 0.133. The monoisotopic (exact) mass is 308 g/mol. The Morgan fingerprint density at radius 1 is 1.19 bits per heavy atom. The molecule has 0 bridgehead atoms. The van der Waals surface area contributed by atoms with Crippen molar-refractivity contribution in [3.63, 3.8) is 0 Å². The van der Waals surface area contributed by atoms with Gasteiger partial charge in [-0.25, -0.2) is 17.9 Å². The summed E-state index contributed by atoms with van der Waals surface area (Å²) in [6.07, 6.45) is 0.255. The van der Waals surface area contributed by atoms with Crippen molar-refractivity contribution in [2.24, 2.45) is 5.14 Å². The zero-order valence-electron chi connectivity index (χ0n) is 11.4. The maximum absolute atomic E-state index is 14.4. The van der Waals surface area contributed by atoms with E-state index in [2.05, 4.69) is 0 Å². The maximum Gasteiger partial charge on any atom is 0.238 e. The highest BCUT2D eigenvalue weighted by Gasteiger charge is 2.13. The van der Waals surface area contributed by atoms with Gasteiger partial charge in [-0.15, -0.1) is 0 Å². The van der Waals surface area contributed by atoms with E-state index < -0.39 is 15.8 Å². The van der Waals surface area contributed by atoms with Crippen LogP contribution in [0.5, 0.6) is 0 Å².